The first-order valence-electron chi connectivity index (χ1n) is 9.57. The molecule has 152 valence electrons. The fourth-order valence-electron chi connectivity index (χ4n) is 4.27. The Bertz CT molecular complexity index is 663. The predicted molar refractivity (Wildman–Crippen MR) is 105 cm³/mol. The fraction of sp³-hybridized carbons (Fsp3) is 0.778. The van der Waals surface area contributed by atoms with Gasteiger partial charge in [-0.15, -0.1) is 17.5 Å². The number of hydrogen-bond donors (Lipinski definition) is 2. The van der Waals surface area contributed by atoms with Crippen LogP contribution in [0, 0.1) is 12.3 Å². The lowest BCUT2D eigenvalue weighted by Crippen LogP contribution is -2.46. The molecule has 0 radical (unpaired) electrons. The van der Waals surface area contributed by atoms with Gasteiger partial charge in [-0.25, -0.2) is 4.68 Å². The molecule has 1 aliphatic heterocycles. The molecule has 0 unspecified atom stereocenters. The zero-order chi connectivity index (χ0) is 18.7. The average molecular weight is 399 g/mol. The molecule has 0 aromatic carbocycles. The lowest BCUT2D eigenvalue weighted by molar-refractivity contribution is -0.138. The smallest absolute Gasteiger partial charge is 0.273 e. The molecule has 1 aromatic rings. The van der Waals surface area contributed by atoms with E-state index in [0.717, 1.165) is 57.3 Å². The minimum Gasteiger partial charge on any atom is -0.349 e. The minimum absolute atomic E-state index is 0. The molecule has 2 aliphatic rings. The molecule has 0 atom stereocenters. The van der Waals surface area contributed by atoms with Gasteiger partial charge in [-0.1, -0.05) is 18.1 Å². The number of amides is 2. The Morgan fingerprint density at radius 1 is 1.26 bits per heavy atom. The third-order valence-electron chi connectivity index (χ3n) is 5.80. The van der Waals surface area contributed by atoms with E-state index >= 15 is 0 Å². The van der Waals surface area contributed by atoms with Crippen LogP contribution in [0.3, 0.4) is 0 Å². The van der Waals surface area contributed by atoms with Crippen molar-refractivity contribution in [1.29, 1.82) is 0 Å². The summed E-state index contributed by atoms with van der Waals surface area (Å²) >= 11 is 0. The van der Waals surface area contributed by atoms with E-state index in [1.54, 1.807) is 19.0 Å². The summed E-state index contributed by atoms with van der Waals surface area (Å²) < 4.78 is 1.88. The average Bonchev–Trinajstić information content (AvgIpc) is 3.27. The van der Waals surface area contributed by atoms with E-state index in [9.17, 15) is 9.59 Å². The Kier molecular flexibility index (Phi) is 7.22. The van der Waals surface area contributed by atoms with Crippen molar-refractivity contribution < 1.29 is 9.59 Å². The summed E-state index contributed by atoms with van der Waals surface area (Å²) in [6, 6.07) is 0.293. The third-order valence-corrected chi connectivity index (χ3v) is 5.80. The second-order valence-corrected chi connectivity index (χ2v) is 7.82. The van der Waals surface area contributed by atoms with Crippen LogP contribution in [-0.4, -0.2) is 65.4 Å². The topological polar surface area (TPSA) is 92.2 Å². The summed E-state index contributed by atoms with van der Waals surface area (Å²) in [4.78, 5) is 27.0. The normalized spacial score (nSPS) is 19.4. The van der Waals surface area contributed by atoms with E-state index in [1.165, 1.54) is 0 Å². The second kappa shape index (κ2) is 9.01. The van der Waals surface area contributed by atoms with Crippen molar-refractivity contribution in [3.05, 3.63) is 11.4 Å². The third kappa shape index (κ3) is 4.43. The van der Waals surface area contributed by atoms with Crippen LogP contribution >= 0.6 is 12.4 Å². The molecule has 1 aliphatic carbocycles. The van der Waals surface area contributed by atoms with Crippen LogP contribution in [0.4, 0.5) is 0 Å². The van der Waals surface area contributed by atoms with Gasteiger partial charge in [0.1, 0.15) is 0 Å². The van der Waals surface area contributed by atoms with Gasteiger partial charge in [-0.05, 0) is 45.7 Å². The first kappa shape index (κ1) is 21.6. The monoisotopic (exact) mass is 398 g/mol. The molecule has 3 rings (SSSR count). The van der Waals surface area contributed by atoms with Crippen LogP contribution in [0.1, 0.15) is 60.7 Å². The number of halogens is 1. The quantitative estimate of drug-likeness (QED) is 0.780. The number of aromatic nitrogens is 3. The van der Waals surface area contributed by atoms with Crippen molar-refractivity contribution in [2.24, 2.45) is 5.41 Å². The van der Waals surface area contributed by atoms with Gasteiger partial charge in [0.25, 0.3) is 5.91 Å². The Hall–Kier alpha value is -1.67. The lowest BCUT2D eigenvalue weighted by atomic mass is 9.84. The van der Waals surface area contributed by atoms with Gasteiger partial charge in [0.2, 0.25) is 5.91 Å². The number of nitrogens with one attached hydrogen (secondary N) is 2. The lowest BCUT2D eigenvalue weighted by Gasteiger charge is -2.30. The van der Waals surface area contributed by atoms with E-state index in [0.29, 0.717) is 18.3 Å². The van der Waals surface area contributed by atoms with Crippen molar-refractivity contribution in [2.75, 3.05) is 33.7 Å². The van der Waals surface area contributed by atoms with E-state index in [-0.39, 0.29) is 24.2 Å². The van der Waals surface area contributed by atoms with Gasteiger partial charge in [0, 0.05) is 20.6 Å². The molecular formula is C18H31ClN6O2. The number of nitrogens with zero attached hydrogens (tertiary/aromatic N) is 4. The second-order valence-electron chi connectivity index (χ2n) is 7.82. The van der Waals surface area contributed by atoms with Gasteiger partial charge < -0.3 is 15.5 Å². The Morgan fingerprint density at radius 2 is 1.89 bits per heavy atom. The first-order chi connectivity index (χ1) is 12.4. The van der Waals surface area contributed by atoms with Gasteiger partial charge in [-0.2, -0.15) is 0 Å². The molecule has 8 nitrogen and oxygen atoms in total. The van der Waals surface area contributed by atoms with Crippen molar-refractivity contribution in [3.63, 3.8) is 0 Å². The molecule has 9 heteroatoms. The van der Waals surface area contributed by atoms with Crippen molar-refractivity contribution >= 4 is 24.2 Å². The van der Waals surface area contributed by atoms with Crippen LogP contribution in [0.2, 0.25) is 0 Å². The highest BCUT2D eigenvalue weighted by Crippen LogP contribution is 2.39. The number of carbonyl (C=O) groups is 2. The molecule has 0 bridgehead atoms. The highest BCUT2D eigenvalue weighted by Gasteiger charge is 2.42. The van der Waals surface area contributed by atoms with Gasteiger partial charge in [-0.3, -0.25) is 9.59 Å². The maximum Gasteiger partial charge on any atom is 0.273 e. The SMILES string of the molecule is Cc1c(C(=O)NCC2(C(=O)N(C)C)CCCC2)nnn1C1CCNCC1.Cl. The van der Waals surface area contributed by atoms with Crippen molar-refractivity contribution in [1.82, 2.24) is 30.5 Å². The number of hydrogen-bond acceptors (Lipinski definition) is 5. The Balaban J connectivity index is 0.00000261. The molecule has 1 saturated carbocycles. The van der Waals surface area contributed by atoms with E-state index in [1.807, 2.05) is 11.6 Å². The van der Waals surface area contributed by atoms with Crippen molar-refractivity contribution in [2.45, 2.75) is 51.5 Å². The zero-order valence-corrected chi connectivity index (χ0v) is 17.3. The zero-order valence-electron chi connectivity index (χ0n) is 16.5. The standard InChI is InChI=1S/C18H30N6O2.ClH/c1-13-15(21-22-24(13)14-6-10-19-11-7-14)16(25)20-12-18(8-4-5-9-18)17(26)23(2)3;/h14,19H,4-12H2,1-3H3,(H,20,25);1H. The molecule has 27 heavy (non-hydrogen) atoms. The van der Waals surface area contributed by atoms with Gasteiger partial charge in [0.15, 0.2) is 5.69 Å². The molecular weight excluding hydrogens is 368 g/mol. The van der Waals surface area contributed by atoms with E-state index in [2.05, 4.69) is 20.9 Å². The highest BCUT2D eigenvalue weighted by molar-refractivity contribution is 5.93. The molecule has 1 saturated heterocycles. The molecule has 2 heterocycles. The molecule has 2 fully saturated rings. The summed E-state index contributed by atoms with van der Waals surface area (Å²) in [7, 11) is 3.55. The highest BCUT2D eigenvalue weighted by atomic mass is 35.5. The van der Waals surface area contributed by atoms with Gasteiger partial charge >= 0.3 is 0 Å². The summed E-state index contributed by atoms with van der Waals surface area (Å²) in [5.41, 5.74) is 0.695. The van der Waals surface area contributed by atoms with Crippen LogP contribution < -0.4 is 10.6 Å². The largest absolute Gasteiger partial charge is 0.349 e. The molecule has 2 N–H and O–H groups in total. The maximum absolute atomic E-state index is 12.7. The maximum atomic E-state index is 12.7. The first-order valence-corrected chi connectivity index (χ1v) is 9.57. The number of rotatable bonds is 5. The summed E-state index contributed by atoms with van der Waals surface area (Å²) in [6.45, 7) is 4.18. The summed E-state index contributed by atoms with van der Waals surface area (Å²) in [5.74, 6) is -0.133. The van der Waals surface area contributed by atoms with Crippen LogP contribution in [0.25, 0.3) is 0 Å². The summed E-state index contributed by atoms with van der Waals surface area (Å²) in [5, 5.41) is 14.6. The van der Waals surface area contributed by atoms with Crippen LogP contribution in [0.5, 0.6) is 0 Å². The molecule has 1 aromatic heterocycles. The summed E-state index contributed by atoms with van der Waals surface area (Å²) in [6.07, 6.45) is 5.69. The Morgan fingerprint density at radius 3 is 2.48 bits per heavy atom. The Labute approximate surface area is 166 Å². The van der Waals surface area contributed by atoms with Crippen LogP contribution in [0.15, 0.2) is 0 Å². The van der Waals surface area contributed by atoms with Gasteiger partial charge in [0.05, 0.1) is 17.2 Å². The van der Waals surface area contributed by atoms with E-state index in [4.69, 9.17) is 0 Å². The van der Waals surface area contributed by atoms with E-state index < -0.39 is 5.41 Å². The molecule has 0 spiro atoms. The number of piperidine rings is 1. The van der Waals surface area contributed by atoms with Crippen molar-refractivity contribution in [3.8, 4) is 0 Å². The predicted octanol–water partition coefficient (Wildman–Crippen LogP) is 1.31. The minimum atomic E-state index is -0.474. The number of carbonyl (C=O) groups excluding carboxylic acids is 2. The van der Waals surface area contributed by atoms with Crippen LogP contribution in [-0.2, 0) is 4.79 Å². The molecule has 2 amide bonds. The fourth-order valence-corrected chi connectivity index (χ4v) is 4.27.